The van der Waals surface area contributed by atoms with E-state index in [4.69, 9.17) is 4.74 Å². The number of hydrogen-bond acceptors (Lipinski definition) is 3. The minimum absolute atomic E-state index is 0.0314. The van der Waals surface area contributed by atoms with Crippen molar-refractivity contribution in [1.82, 2.24) is 0 Å². The average Bonchev–Trinajstić information content (AvgIpc) is 2.84. The zero-order chi connectivity index (χ0) is 24.1. The Kier molecular flexibility index (Phi) is 7.58. The molecule has 0 radical (unpaired) electrons. The first-order valence-electron chi connectivity index (χ1n) is 11.7. The summed E-state index contributed by atoms with van der Waals surface area (Å²) < 4.78 is 33.0. The monoisotopic (exact) mass is 465 g/mol. The maximum atomic E-state index is 13.5. The van der Waals surface area contributed by atoms with Gasteiger partial charge in [0.2, 0.25) is 5.91 Å². The number of amides is 1. The van der Waals surface area contributed by atoms with Crippen LogP contribution in [-0.2, 0) is 9.53 Å². The molecule has 0 spiro atoms. The summed E-state index contributed by atoms with van der Waals surface area (Å²) in [5, 5.41) is 9.72. The number of carbonyl (C=O) groups is 1. The number of unbranched alkanes of at least 4 members (excludes halogenated alkanes) is 1. The van der Waals surface area contributed by atoms with Crippen molar-refractivity contribution in [2.45, 2.75) is 44.8 Å². The van der Waals surface area contributed by atoms with E-state index >= 15 is 0 Å². The number of phenolic OH excluding ortho intramolecular Hbond substituents is 1. The molecular weight excluding hydrogens is 436 g/mol. The van der Waals surface area contributed by atoms with Crippen LogP contribution in [0, 0.1) is 17.6 Å². The van der Waals surface area contributed by atoms with Crippen molar-refractivity contribution in [1.29, 1.82) is 0 Å². The molecule has 0 aliphatic carbocycles. The van der Waals surface area contributed by atoms with E-state index < -0.39 is 0 Å². The standard InChI is InChI=1S/C28H29F2NO3/c1-2-3-18-34-26(19-4-8-21(29)9-5-19)17-16-25-27(20-6-14-24(32)15-7-20)31(28(25)33)23-12-10-22(30)11-13-23/h4-15,25-27,32H,2-3,16-18H2,1H3/t25-,26+,27-/m1/s1. The number of ether oxygens (including phenoxy) is 1. The molecule has 1 heterocycles. The van der Waals surface area contributed by atoms with Gasteiger partial charge in [0.25, 0.3) is 0 Å². The van der Waals surface area contributed by atoms with Crippen molar-refractivity contribution in [2.75, 3.05) is 11.5 Å². The number of nitrogens with zero attached hydrogens (tertiary/aromatic N) is 1. The number of aromatic hydroxyl groups is 1. The normalized spacial score (nSPS) is 18.6. The molecule has 6 heteroatoms. The van der Waals surface area contributed by atoms with Gasteiger partial charge in [-0.1, -0.05) is 37.6 Å². The van der Waals surface area contributed by atoms with Crippen molar-refractivity contribution in [3.63, 3.8) is 0 Å². The number of benzene rings is 3. The maximum Gasteiger partial charge on any atom is 0.233 e. The molecular formula is C28H29F2NO3. The molecule has 178 valence electrons. The number of anilines is 1. The predicted octanol–water partition coefficient (Wildman–Crippen LogP) is 6.71. The third-order valence-electron chi connectivity index (χ3n) is 6.35. The highest BCUT2D eigenvalue weighted by atomic mass is 19.1. The molecule has 1 aliphatic heterocycles. The SMILES string of the molecule is CCCCO[C@@H](CC[C@H]1C(=O)N(c2ccc(F)cc2)[C@@H]1c1ccc(O)cc1)c1ccc(F)cc1. The van der Waals surface area contributed by atoms with E-state index in [0.717, 1.165) is 24.0 Å². The molecule has 1 saturated heterocycles. The van der Waals surface area contributed by atoms with Crippen molar-refractivity contribution in [3.8, 4) is 5.75 Å². The molecule has 0 aromatic heterocycles. The number of rotatable bonds is 10. The first-order chi connectivity index (χ1) is 16.5. The van der Waals surface area contributed by atoms with Gasteiger partial charge in [0.15, 0.2) is 0 Å². The van der Waals surface area contributed by atoms with Gasteiger partial charge in [0.1, 0.15) is 17.4 Å². The van der Waals surface area contributed by atoms with E-state index in [0.29, 0.717) is 25.1 Å². The van der Waals surface area contributed by atoms with Crippen LogP contribution in [0.2, 0.25) is 0 Å². The van der Waals surface area contributed by atoms with Gasteiger partial charge in [-0.25, -0.2) is 8.78 Å². The summed E-state index contributed by atoms with van der Waals surface area (Å²) in [6, 6.07) is 18.8. The summed E-state index contributed by atoms with van der Waals surface area (Å²) in [5.41, 5.74) is 2.42. The number of carbonyl (C=O) groups excluding carboxylic acids is 1. The van der Waals surface area contributed by atoms with Gasteiger partial charge in [-0.15, -0.1) is 0 Å². The summed E-state index contributed by atoms with van der Waals surface area (Å²) in [6.07, 6.45) is 2.88. The summed E-state index contributed by atoms with van der Waals surface area (Å²) in [7, 11) is 0. The van der Waals surface area contributed by atoms with Gasteiger partial charge in [0, 0.05) is 12.3 Å². The van der Waals surface area contributed by atoms with Gasteiger partial charge in [0.05, 0.1) is 18.1 Å². The summed E-state index contributed by atoms with van der Waals surface area (Å²) >= 11 is 0. The van der Waals surface area contributed by atoms with Crippen molar-refractivity contribution in [2.24, 2.45) is 5.92 Å². The lowest BCUT2D eigenvalue weighted by molar-refractivity contribution is -0.131. The van der Waals surface area contributed by atoms with Gasteiger partial charge in [-0.05, 0) is 78.9 Å². The van der Waals surface area contributed by atoms with E-state index in [-0.39, 0.29) is 41.4 Å². The van der Waals surface area contributed by atoms with Crippen LogP contribution in [0.5, 0.6) is 5.75 Å². The zero-order valence-corrected chi connectivity index (χ0v) is 19.2. The van der Waals surface area contributed by atoms with Gasteiger partial charge in [-0.3, -0.25) is 4.79 Å². The third-order valence-corrected chi connectivity index (χ3v) is 6.35. The Hall–Kier alpha value is -3.25. The largest absolute Gasteiger partial charge is 0.508 e. The smallest absolute Gasteiger partial charge is 0.233 e. The topological polar surface area (TPSA) is 49.8 Å². The summed E-state index contributed by atoms with van der Waals surface area (Å²) in [6.45, 7) is 2.69. The molecule has 0 bridgehead atoms. The van der Waals surface area contributed by atoms with Crippen LogP contribution in [-0.4, -0.2) is 17.6 Å². The lowest BCUT2D eigenvalue weighted by atomic mass is 9.78. The molecule has 3 aromatic carbocycles. The fraction of sp³-hybridized carbons (Fsp3) is 0.321. The lowest BCUT2D eigenvalue weighted by Crippen LogP contribution is -2.55. The fourth-order valence-electron chi connectivity index (χ4n) is 4.50. The first kappa shape index (κ1) is 23.9. The zero-order valence-electron chi connectivity index (χ0n) is 19.2. The molecule has 3 aromatic rings. The van der Waals surface area contributed by atoms with E-state index in [9.17, 15) is 18.7 Å². The summed E-state index contributed by atoms with van der Waals surface area (Å²) in [5.74, 6) is -0.822. The van der Waals surface area contributed by atoms with Gasteiger partial charge in [-0.2, -0.15) is 0 Å². The highest BCUT2D eigenvalue weighted by Crippen LogP contribution is 2.46. The molecule has 1 fully saturated rings. The van der Waals surface area contributed by atoms with Crippen molar-refractivity contribution < 1.29 is 23.4 Å². The van der Waals surface area contributed by atoms with Crippen LogP contribution < -0.4 is 4.90 Å². The highest BCUT2D eigenvalue weighted by Gasteiger charge is 2.48. The predicted molar refractivity (Wildman–Crippen MR) is 127 cm³/mol. The Morgan fingerprint density at radius 2 is 1.56 bits per heavy atom. The lowest BCUT2D eigenvalue weighted by Gasteiger charge is -2.48. The fourth-order valence-corrected chi connectivity index (χ4v) is 4.50. The van der Waals surface area contributed by atoms with E-state index in [1.807, 2.05) is 12.1 Å². The van der Waals surface area contributed by atoms with Crippen LogP contribution in [0.4, 0.5) is 14.5 Å². The quantitative estimate of drug-likeness (QED) is 0.267. The van der Waals surface area contributed by atoms with Crippen LogP contribution in [0.3, 0.4) is 0 Å². The number of phenols is 1. The minimum Gasteiger partial charge on any atom is -0.508 e. The molecule has 3 atom stereocenters. The van der Waals surface area contributed by atoms with E-state index in [2.05, 4.69) is 6.92 Å². The van der Waals surface area contributed by atoms with Crippen LogP contribution in [0.15, 0.2) is 72.8 Å². The Morgan fingerprint density at radius 3 is 2.18 bits per heavy atom. The Morgan fingerprint density at radius 1 is 0.941 bits per heavy atom. The molecule has 4 nitrogen and oxygen atoms in total. The second kappa shape index (κ2) is 10.8. The van der Waals surface area contributed by atoms with E-state index in [1.54, 1.807) is 41.3 Å². The van der Waals surface area contributed by atoms with Crippen LogP contribution >= 0.6 is 0 Å². The minimum atomic E-state index is -0.360. The highest BCUT2D eigenvalue weighted by molar-refractivity contribution is 6.03. The second-order valence-electron chi connectivity index (χ2n) is 8.67. The molecule has 34 heavy (non-hydrogen) atoms. The molecule has 4 rings (SSSR count). The number of β-lactam (4-membered cyclic amide) rings is 1. The molecule has 0 saturated carbocycles. The van der Waals surface area contributed by atoms with Gasteiger partial charge >= 0.3 is 0 Å². The summed E-state index contributed by atoms with van der Waals surface area (Å²) in [4.78, 5) is 14.9. The van der Waals surface area contributed by atoms with Crippen molar-refractivity contribution in [3.05, 3.63) is 95.6 Å². The average molecular weight is 466 g/mol. The molecule has 1 N–H and O–H groups in total. The Balaban J connectivity index is 1.55. The van der Waals surface area contributed by atoms with Crippen molar-refractivity contribution >= 4 is 11.6 Å². The Bertz CT molecular complexity index is 1080. The Labute approximate surface area is 198 Å². The van der Waals surface area contributed by atoms with E-state index in [1.165, 1.54) is 24.3 Å². The number of halogens is 2. The van der Waals surface area contributed by atoms with Crippen LogP contribution in [0.25, 0.3) is 0 Å². The molecule has 1 amide bonds. The number of hydrogen-bond donors (Lipinski definition) is 1. The first-order valence-corrected chi connectivity index (χ1v) is 11.7. The third kappa shape index (κ3) is 5.28. The molecule has 0 unspecified atom stereocenters. The van der Waals surface area contributed by atoms with Crippen LogP contribution in [0.1, 0.15) is 55.9 Å². The maximum absolute atomic E-state index is 13.5. The molecule has 1 aliphatic rings. The second-order valence-corrected chi connectivity index (χ2v) is 8.67. The van der Waals surface area contributed by atoms with Gasteiger partial charge < -0.3 is 14.7 Å².